The number of carbonyl (C=O) groups excluding carboxylic acids is 1. The van der Waals surface area contributed by atoms with Gasteiger partial charge in [0.05, 0.1) is 25.3 Å². The highest BCUT2D eigenvalue weighted by atomic mass is 16.5. The van der Waals surface area contributed by atoms with E-state index in [4.69, 9.17) is 9.47 Å². The Hall–Kier alpha value is -3.30. The first-order valence-electron chi connectivity index (χ1n) is 6.16. The summed E-state index contributed by atoms with van der Waals surface area (Å²) in [5.74, 6) is 0.196. The number of hydrogen-bond acceptors (Lipinski definition) is 8. The number of anilines is 1. The minimum absolute atomic E-state index is 0.0185. The second kappa shape index (κ2) is 5.60. The van der Waals surface area contributed by atoms with Gasteiger partial charge in [-0.05, 0) is 17.3 Å². The maximum absolute atomic E-state index is 12.2. The molecule has 2 N–H and O–H groups in total. The van der Waals surface area contributed by atoms with Crippen LogP contribution >= 0.6 is 0 Å². The van der Waals surface area contributed by atoms with E-state index in [0.29, 0.717) is 16.8 Å². The molecule has 10 nitrogen and oxygen atoms in total. The largest absolute Gasteiger partial charge is 0.497 e. The molecule has 0 aliphatic carbocycles. The summed E-state index contributed by atoms with van der Waals surface area (Å²) in [5, 5.41) is 15.3. The third-order valence-corrected chi connectivity index (χ3v) is 2.82. The van der Waals surface area contributed by atoms with E-state index in [1.807, 2.05) is 0 Å². The summed E-state index contributed by atoms with van der Waals surface area (Å²) in [6.45, 7) is 0. The van der Waals surface area contributed by atoms with Gasteiger partial charge in [-0.2, -0.15) is 5.21 Å². The molecule has 0 spiro atoms. The van der Waals surface area contributed by atoms with E-state index in [1.165, 1.54) is 7.11 Å². The fraction of sp³-hybridized carbons (Fsp3) is 0.167. The SMILES string of the molecule is COc1ccc2nc(C(=O)Nc3nn[nH]n3)c(OC)nc2c1. The quantitative estimate of drug-likeness (QED) is 0.709. The number of benzene rings is 1. The molecule has 0 bridgehead atoms. The van der Waals surface area contributed by atoms with Crippen LogP contribution < -0.4 is 14.8 Å². The monoisotopic (exact) mass is 301 g/mol. The molecule has 0 saturated heterocycles. The van der Waals surface area contributed by atoms with Crippen molar-refractivity contribution < 1.29 is 14.3 Å². The Morgan fingerprint density at radius 3 is 2.73 bits per heavy atom. The van der Waals surface area contributed by atoms with E-state index < -0.39 is 5.91 Å². The number of H-pyrrole nitrogens is 1. The number of carbonyl (C=O) groups is 1. The summed E-state index contributed by atoms with van der Waals surface area (Å²) in [7, 11) is 2.96. The molecule has 0 fully saturated rings. The van der Waals surface area contributed by atoms with Crippen molar-refractivity contribution in [3.63, 3.8) is 0 Å². The second-order valence-electron chi connectivity index (χ2n) is 4.13. The summed E-state index contributed by atoms with van der Waals surface area (Å²) in [6.07, 6.45) is 0. The van der Waals surface area contributed by atoms with Crippen molar-refractivity contribution in [3.8, 4) is 11.6 Å². The minimum atomic E-state index is -0.552. The number of aromatic nitrogens is 6. The second-order valence-corrected chi connectivity index (χ2v) is 4.13. The van der Waals surface area contributed by atoms with E-state index in [2.05, 4.69) is 35.9 Å². The van der Waals surface area contributed by atoms with Crippen LogP contribution in [0.4, 0.5) is 5.95 Å². The number of hydrogen-bond donors (Lipinski definition) is 2. The lowest BCUT2D eigenvalue weighted by Gasteiger charge is -2.08. The lowest BCUT2D eigenvalue weighted by molar-refractivity contribution is 0.101. The molecule has 2 heterocycles. The van der Waals surface area contributed by atoms with Gasteiger partial charge in [0.1, 0.15) is 5.75 Å². The number of nitrogens with zero attached hydrogens (tertiary/aromatic N) is 5. The van der Waals surface area contributed by atoms with Crippen molar-refractivity contribution in [2.75, 3.05) is 19.5 Å². The van der Waals surface area contributed by atoms with E-state index in [9.17, 15) is 4.79 Å². The number of fused-ring (bicyclic) bond motifs is 1. The van der Waals surface area contributed by atoms with Crippen LogP contribution in [-0.2, 0) is 0 Å². The summed E-state index contributed by atoms with van der Waals surface area (Å²) in [4.78, 5) is 20.7. The average Bonchev–Trinajstić information content (AvgIpc) is 3.05. The number of methoxy groups -OCH3 is 2. The number of aromatic amines is 1. The zero-order chi connectivity index (χ0) is 15.5. The lowest BCUT2D eigenvalue weighted by Crippen LogP contribution is -2.17. The van der Waals surface area contributed by atoms with Crippen molar-refractivity contribution in [3.05, 3.63) is 23.9 Å². The Morgan fingerprint density at radius 1 is 1.18 bits per heavy atom. The minimum Gasteiger partial charge on any atom is -0.497 e. The van der Waals surface area contributed by atoms with Gasteiger partial charge < -0.3 is 9.47 Å². The molecule has 3 aromatic rings. The van der Waals surface area contributed by atoms with Crippen molar-refractivity contribution >= 4 is 22.9 Å². The molecular formula is C12H11N7O3. The van der Waals surface area contributed by atoms with Crippen LogP contribution in [0.1, 0.15) is 10.5 Å². The Labute approximate surface area is 123 Å². The van der Waals surface area contributed by atoms with Crippen LogP contribution in [0.5, 0.6) is 11.6 Å². The molecule has 0 atom stereocenters. The van der Waals surface area contributed by atoms with Crippen LogP contribution in [0.2, 0.25) is 0 Å². The highest BCUT2D eigenvalue weighted by Gasteiger charge is 2.19. The van der Waals surface area contributed by atoms with Gasteiger partial charge in [0.15, 0.2) is 5.69 Å². The zero-order valence-electron chi connectivity index (χ0n) is 11.7. The van der Waals surface area contributed by atoms with Gasteiger partial charge in [-0.1, -0.05) is 5.10 Å². The summed E-state index contributed by atoms with van der Waals surface area (Å²) in [6, 6.07) is 5.13. The predicted molar refractivity (Wildman–Crippen MR) is 74.8 cm³/mol. The van der Waals surface area contributed by atoms with Gasteiger partial charge in [-0.25, -0.2) is 9.97 Å². The van der Waals surface area contributed by atoms with Crippen molar-refractivity contribution in [1.29, 1.82) is 0 Å². The lowest BCUT2D eigenvalue weighted by atomic mass is 10.2. The normalized spacial score (nSPS) is 10.5. The van der Waals surface area contributed by atoms with Crippen molar-refractivity contribution in [2.24, 2.45) is 0 Å². The van der Waals surface area contributed by atoms with E-state index in [0.717, 1.165) is 0 Å². The van der Waals surface area contributed by atoms with Gasteiger partial charge in [0.2, 0.25) is 5.88 Å². The number of ether oxygens (including phenoxy) is 2. The first-order valence-corrected chi connectivity index (χ1v) is 6.16. The predicted octanol–water partition coefficient (Wildman–Crippen LogP) is 0.412. The standard InChI is InChI=1S/C12H11N7O3/c1-21-6-3-4-7-8(5-6)14-11(22-2)9(13-7)10(20)15-12-16-18-19-17-12/h3-5H,1-2H3,(H2,15,16,17,18,19,20). The van der Waals surface area contributed by atoms with Crippen molar-refractivity contribution in [2.45, 2.75) is 0 Å². The van der Waals surface area contributed by atoms with Gasteiger partial charge in [-0.3, -0.25) is 10.1 Å². The Bertz CT molecular complexity index is 819. The first kappa shape index (κ1) is 13.7. The highest BCUT2D eigenvalue weighted by molar-refractivity contribution is 6.04. The molecule has 112 valence electrons. The molecule has 2 aromatic heterocycles. The molecule has 10 heteroatoms. The summed E-state index contributed by atoms with van der Waals surface area (Å²) in [5.41, 5.74) is 1.09. The number of nitrogens with one attached hydrogen (secondary N) is 2. The van der Waals surface area contributed by atoms with Crippen LogP contribution in [0, 0.1) is 0 Å². The van der Waals surface area contributed by atoms with Gasteiger partial charge in [0, 0.05) is 6.07 Å². The Balaban J connectivity index is 2.02. The molecule has 1 aromatic carbocycles. The third-order valence-electron chi connectivity index (χ3n) is 2.82. The van der Waals surface area contributed by atoms with E-state index >= 15 is 0 Å². The van der Waals surface area contributed by atoms with Gasteiger partial charge >= 0.3 is 0 Å². The van der Waals surface area contributed by atoms with Gasteiger partial charge in [-0.15, -0.1) is 5.10 Å². The van der Waals surface area contributed by atoms with Crippen LogP contribution in [0.3, 0.4) is 0 Å². The maximum Gasteiger partial charge on any atom is 0.282 e. The highest BCUT2D eigenvalue weighted by Crippen LogP contribution is 2.23. The van der Waals surface area contributed by atoms with Gasteiger partial charge in [0.25, 0.3) is 11.9 Å². The zero-order valence-corrected chi connectivity index (χ0v) is 11.7. The average molecular weight is 301 g/mol. The van der Waals surface area contributed by atoms with E-state index in [-0.39, 0.29) is 17.5 Å². The first-order chi connectivity index (χ1) is 10.7. The Morgan fingerprint density at radius 2 is 2.05 bits per heavy atom. The van der Waals surface area contributed by atoms with Crippen LogP contribution in [-0.4, -0.2) is 50.7 Å². The Kier molecular flexibility index (Phi) is 3.48. The van der Waals surface area contributed by atoms with Crippen LogP contribution in [0.15, 0.2) is 18.2 Å². The molecule has 0 unspecified atom stereocenters. The maximum atomic E-state index is 12.2. The number of tetrazole rings is 1. The molecule has 22 heavy (non-hydrogen) atoms. The molecule has 0 radical (unpaired) electrons. The fourth-order valence-electron chi connectivity index (χ4n) is 1.81. The topological polar surface area (TPSA) is 128 Å². The third kappa shape index (κ3) is 2.49. The van der Waals surface area contributed by atoms with Crippen LogP contribution in [0.25, 0.3) is 11.0 Å². The molecular weight excluding hydrogens is 290 g/mol. The van der Waals surface area contributed by atoms with Crippen molar-refractivity contribution in [1.82, 2.24) is 30.6 Å². The number of amides is 1. The molecule has 3 rings (SSSR count). The molecule has 0 aliphatic heterocycles. The summed E-state index contributed by atoms with van der Waals surface area (Å²) < 4.78 is 10.3. The molecule has 1 amide bonds. The number of rotatable bonds is 4. The fourth-order valence-corrected chi connectivity index (χ4v) is 1.81. The molecule has 0 saturated carbocycles. The van der Waals surface area contributed by atoms with E-state index in [1.54, 1.807) is 25.3 Å². The summed E-state index contributed by atoms with van der Waals surface area (Å²) >= 11 is 0. The smallest absolute Gasteiger partial charge is 0.282 e. The molecule has 0 aliphatic rings.